The van der Waals surface area contributed by atoms with Gasteiger partial charge in [-0.3, -0.25) is 0 Å². The van der Waals surface area contributed by atoms with Gasteiger partial charge in [-0.1, -0.05) is 0 Å². The first-order valence-electron chi connectivity index (χ1n) is 3.61. The van der Waals surface area contributed by atoms with Crippen LogP contribution in [0, 0.1) is 3.91 Å². The van der Waals surface area contributed by atoms with Crippen LogP contribution in [0.4, 0.5) is 0 Å². The summed E-state index contributed by atoms with van der Waals surface area (Å²) in [5.41, 5.74) is 0. The summed E-state index contributed by atoms with van der Waals surface area (Å²) in [6.45, 7) is 13.2. The van der Waals surface area contributed by atoms with Crippen LogP contribution in [0.3, 0.4) is 0 Å². The molecule has 1 nitrogen and oxygen atoms in total. The number of rotatable bonds is 0. The molecule has 0 heterocycles. The molecule has 0 fully saturated rings. The van der Waals surface area contributed by atoms with Gasteiger partial charge < -0.3 is 0 Å². The van der Waals surface area contributed by atoms with E-state index in [0.717, 1.165) is 0 Å². The maximum atomic E-state index is 8.04. The Labute approximate surface area is 94.7 Å². The molecule has 0 aromatic rings. The van der Waals surface area contributed by atoms with E-state index in [1.54, 1.807) is 0 Å². The SMILES string of the molecule is C[C](C)(C)[Mo](=[NH])[C](C)(C)C.Cl.Cl. The van der Waals surface area contributed by atoms with Gasteiger partial charge in [0, 0.05) is 0 Å². The van der Waals surface area contributed by atoms with Crippen molar-refractivity contribution in [2.24, 2.45) is 0 Å². The standard InChI is InChI=1S/2C4H9.2ClH.Mo.HN/c2*1-4(2)3;;;;/h2*1-3H3;2*1H;;1H. The molecule has 0 aromatic carbocycles. The van der Waals surface area contributed by atoms with Crippen molar-refractivity contribution in [1.29, 1.82) is 3.91 Å². The largest absolute Gasteiger partial charge is 0.147 e. The minimum absolute atomic E-state index is 0. The van der Waals surface area contributed by atoms with Gasteiger partial charge in [0.25, 0.3) is 0 Å². The Morgan fingerprint density at radius 3 is 0.917 bits per heavy atom. The molecule has 4 heteroatoms. The first-order valence-corrected chi connectivity index (χ1v) is 6.62. The van der Waals surface area contributed by atoms with Crippen LogP contribution < -0.4 is 0 Å². The zero-order chi connectivity index (χ0) is 8.58. The molecular weight excluding hydrogens is 277 g/mol. The van der Waals surface area contributed by atoms with E-state index in [9.17, 15) is 0 Å². The van der Waals surface area contributed by atoms with E-state index >= 15 is 0 Å². The summed E-state index contributed by atoms with van der Waals surface area (Å²) < 4.78 is 8.60. The summed E-state index contributed by atoms with van der Waals surface area (Å²) in [4.78, 5) is 0. The minimum Gasteiger partial charge on any atom is -0.147 e. The molecule has 0 aliphatic heterocycles. The molecule has 0 amide bonds. The van der Waals surface area contributed by atoms with Crippen LogP contribution in [0.2, 0.25) is 7.61 Å². The number of halogens is 2. The van der Waals surface area contributed by atoms with Gasteiger partial charge in [-0.25, -0.2) is 0 Å². The predicted octanol–water partition coefficient (Wildman–Crippen LogP) is 4.65. The van der Waals surface area contributed by atoms with Crippen molar-refractivity contribution in [1.82, 2.24) is 0 Å². The third-order valence-corrected chi connectivity index (χ3v) is 7.25. The van der Waals surface area contributed by atoms with E-state index in [1.165, 1.54) is 0 Å². The molecule has 0 radical (unpaired) electrons. The molecule has 12 heavy (non-hydrogen) atoms. The molecule has 0 aromatic heterocycles. The Morgan fingerprint density at radius 2 is 0.917 bits per heavy atom. The summed E-state index contributed by atoms with van der Waals surface area (Å²) in [6, 6.07) is 0. The normalized spacial score (nSPS) is 11.9. The van der Waals surface area contributed by atoms with Crippen LogP contribution in [-0.2, 0) is 17.1 Å². The fourth-order valence-electron chi connectivity index (χ4n) is 0.919. The maximum Gasteiger partial charge on any atom is -0.147 e. The summed E-state index contributed by atoms with van der Waals surface area (Å²) in [5, 5.41) is 0. The molecule has 0 spiro atoms. The zero-order valence-corrected chi connectivity index (χ0v) is 12.4. The molecule has 0 rings (SSSR count). The second-order valence-electron chi connectivity index (χ2n) is 4.53. The summed E-state index contributed by atoms with van der Waals surface area (Å²) in [5.74, 6) is 0. The average Bonchev–Trinajstić information content (AvgIpc) is 1.59. The van der Waals surface area contributed by atoms with Crippen molar-refractivity contribution in [2.75, 3.05) is 0 Å². The Balaban J connectivity index is -0.000000405. The molecule has 0 saturated heterocycles. The van der Waals surface area contributed by atoms with Gasteiger partial charge in [0.1, 0.15) is 0 Å². The first-order chi connectivity index (χ1) is 4.15. The fourth-order valence-corrected chi connectivity index (χ4v) is 5.43. The van der Waals surface area contributed by atoms with Gasteiger partial charge in [-0.2, -0.15) is 0 Å². The third kappa shape index (κ3) is 6.57. The van der Waals surface area contributed by atoms with E-state index in [4.69, 9.17) is 3.91 Å². The topological polar surface area (TPSA) is 23.9 Å². The smallest absolute Gasteiger partial charge is 0.147 e. The predicted molar refractivity (Wildman–Crippen MR) is 56.6 cm³/mol. The summed E-state index contributed by atoms with van der Waals surface area (Å²) in [6.07, 6.45) is 0. The Morgan fingerprint density at radius 1 is 0.750 bits per heavy atom. The van der Waals surface area contributed by atoms with Crippen LogP contribution in [0.5, 0.6) is 0 Å². The summed E-state index contributed by atoms with van der Waals surface area (Å²) >= 11 is -1.63. The van der Waals surface area contributed by atoms with Gasteiger partial charge in [-0.15, -0.1) is 24.8 Å². The maximum absolute atomic E-state index is 8.04. The first kappa shape index (κ1) is 18.8. The molecule has 0 bridgehead atoms. The van der Waals surface area contributed by atoms with E-state index in [-0.39, 0.29) is 32.4 Å². The molecule has 0 aliphatic rings. The van der Waals surface area contributed by atoms with E-state index < -0.39 is 17.1 Å². The second kappa shape index (κ2) is 5.73. The third-order valence-electron chi connectivity index (χ3n) is 1.22. The molecule has 1 N–H and O–H groups in total. The molecule has 0 unspecified atom stereocenters. The fraction of sp³-hybridized carbons (Fsp3) is 1.00. The van der Waals surface area contributed by atoms with E-state index in [2.05, 4.69) is 41.5 Å². The van der Waals surface area contributed by atoms with Crippen molar-refractivity contribution in [3.05, 3.63) is 0 Å². The molecule has 0 aliphatic carbocycles. The van der Waals surface area contributed by atoms with E-state index in [0.29, 0.717) is 0 Å². The van der Waals surface area contributed by atoms with Crippen molar-refractivity contribution in [3.63, 3.8) is 0 Å². The molecular formula is C8H21Cl2MoN. The minimum atomic E-state index is -1.63. The van der Waals surface area contributed by atoms with Gasteiger partial charge in [0.2, 0.25) is 0 Å². The van der Waals surface area contributed by atoms with Crippen LogP contribution in [0.15, 0.2) is 0 Å². The zero-order valence-electron chi connectivity index (χ0n) is 8.72. The van der Waals surface area contributed by atoms with Crippen LogP contribution in [-0.4, -0.2) is 0 Å². The molecule has 78 valence electrons. The van der Waals surface area contributed by atoms with Crippen molar-refractivity contribution in [3.8, 4) is 0 Å². The number of hydrogen-bond acceptors (Lipinski definition) is 1. The van der Waals surface area contributed by atoms with Crippen LogP contribution in [0.25, 0.3) is 0 Å². The van der Waals surface area contributed by atoms with Gasteiger partial charge >= 0.3 is 70.2 Å². The quantitative estimate of drug-likeness (QED) is 0.630. The van der Waals surface area contributed by atoms with Gasteiger partial charge in [0.05, 0.1) is 0 Å². The second-order valence-corrected chi connectivity index (χ2v) is 12.1. The van der Waals surface area contributed by atoms with Crippen LogP contribution in [0.1, 0.15) is 41.5 Å². The monoisotopic (exact) mass is 299 g/mol. The number of nitrogens with one attached hydrogen (secondary N) is 1. The number of hydrogen-bond donors (Lipinski definition) is 1. The van der Waals surface area contributed by atoms with Crippen molar-refractivity contribution < 1.29 is 17.1 Å². The van der Waals surface area contributed by atoms with Crippen molar-refractivity contribution in [2.45, 2.75) is 49.2 Å². The van der Waals surface area contributed by atoms with Crippen LogP contribution >= 0.6 is 24.8 Å². The van der Waals surface area contributed by atoms with Gasteiger partial charge in [0.15, 0.2) is 0 Å². The Hall–Kier alpha value is 1.07. The van der Waals surface area contributed by atoms with Crippen molar-refractivity contribution >= 4 is 24.8 Å². The van der Waals surface area contributed by atoms with Gasteiger partial charge in [-0.05, 0) is 0 Å². The summed E-state index contributed by atoms with van der Waals surface area (Å²) in [7, 11) is 0. The van der Waals surface area contributed by atoms with E-state index in [1.807, 2.05) is 0 Å². The molecule has 0 saturated carbocycles. The molecule has 0 atom stereocenters. The average molecular weight is 298 g/mol. The Kier molecular flexibility index (Phi) is 8.96. The Bertz CT molecular complexity index is 128.